The van der Waals surface area contributed by atoms with Crippen molar-refractivity contribution >= 4 is 39.1 Å². The number of methoxy groups -OCH3 is 1. The number of amides is 1. The quantitative estimate of drug-likeness (QED) is 0.576. The molecule has 0 unspecified atom stereocenters. The molecule has 0 fully saturated rings. The van der Waals surface area contributed by atoms with Gasteiger partial charge in [-0.2, -0.15) is 0 Å². The van der Waals surface area contributed by atoms with E-state index in [2.05, 4.69) is 26.6 Å². The number of aryl methyl sites for hydroxylation is 1. The molecule has 2 N–H and O–H groups in total. The molecule has 0 saturated heterocycles. The fourth-order valence-electron chi connectivity index (χ4n) is 2.48. The van der Waals surface area contributed by atoms with Crippen LogP contribution < -0.4 is 20.1 Å². The molecule has 0 radical (unpaired) electrons. The van der Waals surface area contributed by atoms with Gasteiger partial charge < -0.3 is 20.1 Å². The molecular formula is C21H26BrClN2O3. The minimum Gasteiger partial charge on any atom is -0.493 e. The molecular weight excluding hydrogens is 444 g/mol. The summed E-state index contributed by atoms with van der Waals surface area (Å²) in [6, 6.07) is 9.54. The third-order valence-corrected chi connectivity index (χ3v) is 5.01. The molecule has 7 heteroatoms. The molecule has 0 aliphatic rings. The van der Waals surface area contributed by atoms with Crippen LogP contribution in [0.25, 0.3) is 0 Å². The number of nitrogens with one attached hydrogen (secondary N) is 2. The van der Waals surface area contributed by atoms with Crippen molar-refractivity contribution in [3.8, 4) is 11.5 Å². The molecule has 0 atom stereocenters. The van der Waals surface area contributed by atoms with Gasteiger partial charge in [-0.25, -0.2) is 0 Å². The van der Waals surface area contributed by atoms with E-state index in [-0.39, 0.29) is 18.1 Å². The number of ether oxygens (including phenoxy) is 2. The SMILES string of the molecule is COc1cc(CNc2ccc(C)c(Cl)c2)c(Br)cc1OCC(=O)NC(C)(C)C. The van der Waals surface area contributed by atoms with Crippen LogP contribution in [0, 0.1) is 6.92 Å². The number of carbonyl (C=O) groups excluding carboxylic acids is 1. The first-order valence-corrected chi connectivity index (χ1v) is 10.1. The number of rotatable bonds is 7. The summed E-state index contributed by atoms with van der Waals surface area (Å²) < 4.78 is 11.9. The molecule has 28 heavy (non-hydrogen) atoms. The number of hydrogen-bond acceptors (Lipinski definition) is 4. The number of hydrogen-bond donors (Lipinski definition) is 2. The Balaban J connectivity index is 2.07. The summed E-state index contributed by atoms with van der Waals surface area (Å²) in [5.41, 5.74) is 2.65. The van der Waals surface area contributed by atoms with Crippen LogP contribution >= 0.6 is 27.5 Å². The van der Waals surface area contributed by atoms with E-state index in [1.54, 1.807) is 7.11 Å². The van der Waals surface area contributed by atoms with Gasteiger partial charge in [0.05, 0.1) is 7.11 Å². The van der Waals surface area contributed by atoms with Crippen LogP contribution in [-0.2, 0) is 11.3 Å². The smallest absolute Gasteiger partial charge is 0.258 e. The Kier molecular flexibility index (Phi) is 7.61. The molecule has 0 aromatic heterocycles. The van der Waals surface area contributed by atoms with Crippen molar-refractivity contribution in [2.45, 2.75) is 39.8 Å². The number of anilines is 1. The monoisotopic (exact) mass is 468 g/mol. The maximum atomic E-state index is 12.0. The summed E-state index contributed by atoms with van der Waals surface area (Å²) in [7, 11) is 1.57. The molecule has 0 saturated carbocycles. The Bertz CT molecular complexity index is 850. The Morgan fingerprint density at radius 3 is 2.50 bits per heavy atom. The van der Waals surface area contributed by atoms with Gasteiger partial charge in [-0.1, -0.05) is 33.6 Å². The lowest BCUT2D eigenvalue weighted by Crippen LogP contribution is -2.43. The molecule has 1 amide bonds. The van der Waals surface area contributed by atoms with Crippen LogP contribution in [0.1, 0.15) is 31.9 Å². The number of halogens is 2. The summed E-state index contributed by atoms with van der Waals surface area (Å²) in [5, 5.41) is 6.93. The van der Waals surface area contributed by atoms with Crippen molar-refractivity contribution in [3.63, 3.8) is 0 Å². The van der Waals surface area contributed by atoms with Crippen LogP contribution in [-0.4, -0.2) is 25.2 Å². The van der Waals surface area contributed by atoms with E-state index in [9.17, 15) is 4.79 Å². The molecule has 2 rings (SSSR count). The first kappa shape index (κ1) is 22.4. The van der Waals surface area contributed by atoms with Gasteiger partial charge >= 0.3 is 0 Å². The first-order chi connectivity index (χ1) is 13.1. The lowest BCUT2D eigenvalue weighted by Gasteiger charge is -2.21. The molecule has 0 spiro atoms. The van der Waals surface area contributed by atoms with Gasteiger partial charge in [-0.05, 0) is 63.1 Å². The average Bonchev–Trinajstić information content (AvgIpc) is 2.60. The minimum absolute atomic E-state index is 0.0838. The normalized spacial score (nSPS) is 11.1. The fraction of sp³-hybridized carbons (Fsp3) is 0.381. The Morgan fingerprint density at radius 2 is 1.89 bits per heavy atom. The first-order valence-electron chi connectivity index (χ1n) is 8.89. The van der Waals surface area contributed by atoms with Crippen molar-refractivity contribution in [1.82, 2.24) is 5.32 Å². The van der Waals surface area contributed by atoms with E-state index < -0.39 is 0 Å². The highest BCUT2D eigenvalue weighted by molar-refractivity contribution is 9.10. The van der Waals surface area contributed by atoms with Gasteiger partial charge in [0, 0.05) is 27.3 Å². The highest BCUT2D eigenvalue weighted by Gasteiger charge is 2.16. The summed E-state index contributed by atoms with van der Waals surface area (Å²) in [6.45, 7) is 8.22. The Morgan fingerprint density at radius 1 is 1.18 bits per heavy atom. The van der Waals surface area contributed by atoms with Crippen LogP contribution in [0.15, 0.2) is 34.8 Å². The zero-order valence-electron chi connectivity index (χ0n) is 16.8. The molecule has 5 nitrogen and oxygen atoms in total. The lowest BCUT2D eigenvalue weighted by atomic mass is 10.1. The second-order valence-corrected chi connectivity index (χ2v) is 8.76. The van der Waals surface area contributed by atoms with E-state index in [0.29, 0.717) is 18.0 Å². The lowest BCUT2D eigenvalue weighted by molar-refractivity contribution is -0.124. The average molecular weight is 470 g/mol. The van der Waals surface area contributed by atoms with E-state index in [1.807, 2.05) is 58.0 Å². The maximum absolute atomic E-state index is 12.0. The second-order valence-electron chi connectivity index (χ2n) is 7.50. The molecule has 152 valence electrons. The van der Waals surface area contributed by atoms with E-state index in [0.717, 1.165) is 26.3 Å². The molecule has 2 aromatic rings. The highest BCUT2D eigenvalue weighted by atomic mass is 79.9. The summed E-state index contributed by atoms with van der Waals surface area (Å²) in [5.74, 6) is 0.874. The molecule has 0 aliphatic carbocycles. The minimum atomic E-state index is -0.306. The van der Waals surface area contributed by atoms with E-state index in [4.69, 9.17) is 21.1 Å². The fourth-order valence-corrected chi connectivity index (χ4v) is 3.13. The molecule has 2 aromatic carbocycles. The molecule has 0 aliphatic heterocycles. The van der Waals surface area contributed by atoms with Gasteiger partial charge in [0.15, 0.2) is 18.1 Å². The van der Waals surface area contributed by atoms with Crippen molar-refractivity contribution in [2.24, 2.45) is 0 Å². The predicted molar refractivity (Wildman–Crippen MR) is 118 cm³/mol. The summed E-state index contributed by atoms with van der Waals surface area (Å²) in [6.07, 6.45) is 0. The van der Waals surface area contributed by atoms with Gasteiger partial charge in [-0.3, -0.25) is 4.79 Å². The maximum Gasteiger partial charge on any atom is 0.258 e. The van der Waals surface area contributed by atoms with Gasteiger partial charge in [-0.15, -0.1) is 0 Å². The largest absolute Gasteiger partial charge is 0.493 e. The van der Waals surface area contributed by atoms with Crippen molar-refractivity contribution in [1.29, 1.82) is 0 Å². The topological polar surface area (TPSA) is 59.6 Å². The van der Waals surface area contributed by atoms with Crippen LogP contribution in [0.4, 0.5) is 5.69 Å². The third-order valence-electron chi connectivity index (χ3n) is 3.86. The van der Waals surface area contributed by atoms with Crippen LogP contribution in [0.2, 0.25) is 5.02 Å². The van der Waals surface area contributed by atoms with Crippen molar-refractivity contribution < 1.29 is 14.3 Å². The standard InChI is InChI=1S/C21H26BrClN2O3/c1-13-6-7-15(9-17(13)23)24-11-14-8-18(27-5)19(10-16(14)22)28-12-20(26)25-21(2,3)4/h6-10,24H,11-12H2,1-5H3,(H,25,26). The number of benzene rings is 2. The van der Waals surface area contributed by atoms with Crippen LogP contribution in [0.3, 0.4) is 0 Å². The zero-order valence-corrected chi connectivity index (χ0v) is 19.1. The van der Waals surface area contributed by atoms with E-state index >= 15 is 0 Å². The predicted octanol–water partition coefficient (Wildman–Crippen LogP) is 5.33. The molecule has 0 bridgehead atoms. The van der Waals surface area contributed by atoms with E-state index in [1.165, 1.54) is 0 Å². The van der Waals surface area contributed by atoms with Gasteiger partial charge in [0.1, 0.15) is 0 Å². The summed E-state index contributed by atoms with van der Waals surface area (Å²) in [4.78, 5) is 12.0. The highest BCUT2D eigenvalue weighted by Crippen LogP contribution is 2.34. The van der Waals surface area contributed by atoms with Gasteiger partial charge in [0.25, 0.3) is 5.91 Å². The summed E-state index contributed by atoms with van der Waals surface area (Å²) >= 11 is 9.74. The Hall–Kier alpha value is -1.92. The second kappa shape index (κ2) is 9.52. The Labute approximate surface area is 179 Å². The van der Waals surface area contributed by atoms with Gasteiger partial charge in [0.2, 0.25) is 0 Å². The third kappa shape index (κ3) is 6.60. The van der Waals surface area contributed by atoms with Crippen LogP contribution in [0.5, 0.6) is 11.5 Å². The number of carbonyl (C=O) groups is 1. The van der Waals surface area contributed by atoms with Crippen molar-refractivity contribution in [3.05, 3.63) is 51.0 Å². The van der Waals surface area contributed by atoms with Crippen molar-refractivity contribution in [2.75, 3.05) is 19.0 Å². The zero-order chi connectivity index (χ0) is 20.9. The molecule has 0 heterocycles.